The Hall–Kier alpha value is -2.26. The molecule has 2 aromatic carbocycles. The molecule has 0 aliphatic heterocycles. The van der Waals surface area contributed by atoms with Gasteiger partial charge in [0.05, 0.1) is 5.56 Å². The maximum absolute atomic E-state index is 13.1. The highest BCUT2D eigenvalue weighted by Gasteiger charge is 2.42. The van der Waals surface area contributed by atoms with E-state index < -0.39 is 36.1 Å². The summed E-state index contributed by atoms with van der Waals surface area (Å²) in [5.41, 5.74) is -1.41. The van der Waals surface area contributed by atoms with Crippen LogP contribution in [0.3, 0.4) is 0 Å². The van der Waals surface area contributed by atoms with Crippen molar-refractivity contribution in [2.75, 3.05) is 6.54 Å². The predicted molar refractivity (Wildman–Crippen MR) is 107 cm³/mol. The summed E-state index contributed by atoms with van der Waals surface area (Å²) in [5.74, 6) is 0.614. The molecular formula is C23H25F6NO2. The lowest BCUT2D eigenvalue weighted by molar-refractivity contribution is -0.203. The van der Waals surface area contributed by atoms with Gasteiger partial charge in [-0.25, -0.2) is 0 Å². The van der Waals surface area contributed by atoms with Crippen molar-refractivity contribution >= 4 is 0 Å². The van der Waals surface area contributed by atoms with E-state index in [9.17, 15) is 31.4 Å². The number of β-amino-alcohol motifs (C(OH)–C–C–N with tert-alkyl or cyclic N) is 1. The van der Waals surface area contributed by atoms with E-state index in [0.29, 0.717) is 37.0 Å². The molecule has 0 spiro atoms. The van der Waals surface area contributed by atoms with Crippen molar-refractivity contribution in [1.82, 2.24) is 5.32 Å². The van der Waals surface area contributed by atoms with E-state index in [1.54, 1.807) is 24.3 Å². The molecule has 2 N–H and O–H groups in total. The summed E-state index contributed by atoms with van der Waals surface area (Å²) >= 11 is 0. The zero-order valence-electron chi connectivity index (χ0n) is 17.2. The molecule has 0 radical (unpaired) electrons. The SMILES string of the molecule is OC(CNC1(Cc2cccc(C(F)(F)F)c2)CCCC(Oc2ccccc2)C1)C(F)(F)F. The van der Waals surface area contributed by atoms with E-state index in [1.165, 1.54) is 12.1 Å². The molecular weight excluding hydrogens is 436 g/mol. The van der Waals surface area contributed by atoms with Gasteiger partial charge < -0.3 is 15.2 Å². The Bertz CT molecular complexity index is 871. The van der Waals surface area contributed by atoms with Gasteiger partial charge in [0.15, 0.2) is 6.10 Å². The minimum atomic E-state index is -4.79. The lowest BCUT2D eigenvalue weighted by Gasteiger charge is -2.42. The third-order valence-corrected chi connectivity index (χ3v) is 5.69. The van der Waals surface area contributed by atoms with Gasteiger partial charge in [-0.1, -0.05) is 36.4 Å². The third-order valence-electron chi connectivity index (χ3n) is 5.69. The fourth-order valence-corrected chi connectivity index (χ4v) is 4.16. The van der Waals surface area contributed by atoms with Crippen molar-refractivity contribution in [2.24, 2.45) is 0 Å². The van der Waals surface area contributed by atoms with E-state index in [4.69, 9.17) is 4.74 Å². The van der Waals surface area contributed by atoms with E-state index in [-0.39, 0.29) is 12.5 Å². The van der Waals surface area contributed by atoms with Crippen molar-refractivity contribution in [1.29, 1.82) is 0 Å². The van der Waals surface area contributed by atoms with Gasteiger partial charge in [0.2, 0.25) is 0 Å². The number of para-hydroxylation sites is 1. The first-order valence-electron chi connectivity index (χ1n) is 10.3. The monoisotopic (exact) mass is 461 g/mol. The maximum Gasteiger partial charge on any atom is 0.416 e. The molecule has 0 amide bonds. The van der Waals surface area contributed by atoms with Gasteiger partial charge in [0.1, 0.15) is 11.9 Å². The molecule has 1 fully saturated rings. The van der Waals surface area contributed by atoms with Crippen LogP contribution in [-0.2, 0) is 12.6 Å². The Kier molecular flexibility index (Phi) is 7.39. The maximum atomic E-state index is 13.1. The average Bonchev–Trinajstić information content (AvgIpc) is 2.72. The second-order valence-electron chi connectivity index (χ2n) is 8.24. The highest BCUT2D eigenvalue weighted by molar-refractivity contribution is 5.28. The molecule has 32 heavy (non-hydrogen) atoms. The highest BCUT2D eigenvalue weighted by Crippen LogP contribution is 2.36. The second-order valence-corrected chi connectivity index (χ2v) is 8.24. The molecule has 1 aliphatic carbocycles. The minimum absolute atomic E-state index is 0.0795. The Morgan fingerprint density at radius 3 is 2.41 bits per heavy atom. The molecule has 2 aromatic rings. The van der Waals surface area contributed by atoms with Crippen LogP contribution in [-0.4, -0.2) is 35.6 Å². The summed E-state index contributed by atoms with van der Waals surface area (Å²) in [6, 6.07) is 13.7. The van der Waals surface area contributed by atoms with Crippen LogP contribution in [0.1, 0.15) is 36.8 Å². The van der Waals surface area contributed by atoms with Crippen LogP contribution in [0.2, 0.25) is 0 Å². The van der Waals surface area contributed by atoms with Crippen LogP contribution < -0.4 is 10.1 Å². The first-order chi connectivity index (χ1) is 15.0. The Morgan fingerprint density at radius 1 is 1.03 bits per heavy atom. The van der Waals surface area contributed by atoms with Crippen molar-refractivity contribution in [3.63, 3.8) is 0 Å². The molecule has 3 rings (SSSR count). The van der Waals surface area contributed by atoms with Crippen LogP contribution in [0.4, 0.5) is 26.3 Å². The number of hydrogen-bond acceptors (Lipinski definition) is 3. The summed E-state index contributed by atoms with van der Waals surface area (Å²) in [7, 11) is 0. The predicted octanol–water partition coefficient (Wildman–Crippen LogP) is 5.52. The number of alkyl halides is 6. The quantitative estimate of drug-likeness (QED) is 0.534. The summed E-state index contributed by atoms with van der Waals surface area (Å²) in [6.07, 6.45) is -10.1. The highest BCUT2D eigenvalue weighted by atomic mass is 19.4. The summed E-state index contributed by atoms with van der Waals surface area (Å²) in [4.78, 5) is 0. The Morgan fingerprint density at radius 2 is 1.75 bits per heavy atom. The van der Waals surface area contributed by atoms with E-state index in [0.717, 1.165) is 12.1 Å². The molecule has 0 bridgehead atoms. The Labute approximate surface area is 182 Å². The number of benzene rings is 2. The number of nitrogens with one attached hydrogen (secondary N) is 1. The van der Waals surface area contributed by atoms with E-state index >= 15 is 0 Å². The summed E-state index contributed by atoms with van der Waals surface area (Å²) in [5, 5.41) is 12.3. The normalized spacial score (nSPS) is 23.0. The number of aliphatic hydroxyl groups is 1. The van der Waals surface area contributed by atoms with Crippen molar-refractivity contribution in [2.45, 2.75) is 62.2 Å². The van der Waals surface area contributed by atoms with Crippen molar-refractivity contribution in [3.8, 4) is 5.75 Å². The van der Waals surface area contributed by atoms with Crippen LogP contribution >= 0.6 is 0 Å². The molecule has 0 heterocycles. The van der Waals surface area contributed by atoms with Gasteiger partial charge >= 0.3 is 12.4 Å². The molecule has 3 nitrogen and oxygen atoms in total. The molecule has 0 aromatic heterocycles. The van der Waals surface area contributed by atoms with Crippen LogP contribution in [0, 0.1) is 0 Å². The largest absolute Gasteiger partial charge is 0.490 e. The zero-order chi connectivity index (χ0) is 23.4. The molecule has 0 saturated heterocycles. The summed E-state index contributed by atoms with van der Waals surface area (Å²) in [6.45, 7) is -0.749. The van der Waals surface area contributed by atoms with Gasteiger partial charge in [-0.2, -0.15) is 26.3 Å². The molecule has 176 valence electrons. The van der Waals surface area contributed by atoms with Crippen LogP contribution in [0.25, 0.3) is 0 Å². The first-order valence-corrected chi connectivity index (χ1v) is 10.3. The number of rotatable bonds is 7. The van der Waals surface area contributed by atoms with Gasteiger partial charge in [-0.3, -0.25) is 0 Å². The van der Waals surface area contributed by atoms with Crippen LogP contribution in [0.5, 0.6) is 5.75 Å². The minimum Gasteiger partial charge on any atom is -0.490 e. The molecule has 1 aliphatic rings. The van der Waals surface area contributed by atoms with Gasteiger partial charge in [-0.05, 0) is 49.4 Å². The van der Waals surface area contributed by atoms with Gasteiger partial charge in [-0.15, -0.1) is 0 Å². The van der Waals surface area contributed by atoms with Gasteiger partial charge in [0, 0.05) is 18.5 Å². The number of hydrogen-bond donors (Lipinski definition) is 2. The number of aliphatic hydroxyl groups excluding tert-OH is 1. The Balaban J connectivity index is 1.82. The topological polar surface area (TPSA) is 41.5 Å². The standard InChI is InChI=1S/C23H25F6NO2/c24-22(25,26)17-7-4-6-16(12-17)13-21(30-15-20(31)23(27,28)29)11-5-10-19(14-21)32-18-8-2-1-3-9-18/h1-4,6-9,12,19-20,30-31H,5,10-11,13-15H2. The van der Waals surface area contributed by atoms with E-state index in [1.807, 2.05) is 6.07 Å². The van der Waals surface area contributed by atoms with Crippen LogP contribution in [0.15, 0.2) is 54.6 Å². The smallest absolute Gasteiger partial charge is 0.416 e. The molecule has 1 saturated carbocycles. The third kappa shape index (κ3) is 6.62. The lowest BCUT2D eigenvalue weighted by atomic mass is 9.75. The van der Waals surface area contributed by atoms with Crippen molar-refractivity contribution in [3.05, 3.63) is 65.7 Å². The average molecular weight is 461 g/mol. The number of ether oxygens (including phenoxy) is 1. The number of halogens is 6. The molecule has 3 atom stereocenters. The molecule has 9 heteroatoms. The van der Waals surface area contributed by atoms with Gasteiger partial charge in [0.25, 0.3) is 0 Å². The second kappa shape index (κ2) is 9.70. The fourth-order valence-electron chi connectivity index (χ4n) is 4.16. The molecule has 3 unspecified atom stereocenters. The first kappa shape index (κ1) is 24.4. The van der Waals surface area contributed by atoms with Crippen molar-refractivity contribution < 1.29 is 36.2 Å². The summed E-state index contributed by atoms with van der Waals surface area (Å²) < 4.78 is 84.0. The zero-order valence-corrected chi connectivity index (χ0v) is 17.2. The van der Waals surface area contributed by atoms with E-state index in [2.05, 4.69) is 5.32 Å². The fraction of sp³-hybridized carbons (Fsp3) is 0.478. The lowest BCUT2D eigenvalue weighted by Crippen LogP contribution is -2.55.